The number of hydrogen-bond acceptors (Lipinski definition) is 0. The van der Waals surface area contributed by atoms with Gasteiger partial charge < -0.3 is 0 Å². The van der Waals surface area contributed by atoms with Crippen LogP contribution in [0.2, 0.25) is 0 Å². The number of rotatable bonds is 5. The van der Waals surface area contributed by atoms with Crippen molar-refractivity contribution in [2.75, 3.05) is 0 Å². The summed E-state index contributed by atoms with van der Waals surface area (Å²) in [6.07, 6.45) is 0. The molecule has 0 unspecified atom stereocenters. The molecule has 0 fully saturated rings. The normalized spacial score (nSPS) is 9.09. The quantitative estimate of drug-likeness (QED) is 0.119. The molecule has 0 spiro atoms. The van der Waals surface area contributed by atoms with Crippen LogP contribution in [0.3, 0.4) is 0 Å². The van der Waals surface area contributed by atoms with Crippen molar-refractivity contribution in [1.29, 1.82) is 0 Å². The molecular formula is C50H40Fe5. The van der Waals surface area contributed by atoms with Crippen LogP contribution in [-0.4, -0.2) is 0 Å². The maximum atomic E-state index is 2.12. The van der Waals surface area contributed by atoms with Crippen LogP contribution in [0.4, 0.5) is 0 Å². The van der Waals surface area contributed by atoms with E-state index < -0.39 is 0 Å². The van der Waals surface area contributed by atoms with E-state index in [1.807, 2.05) is 0 Å². The van der Waals surface area contributed by atoms with Crippen molar-refractivity contribution < 1.29 is 85.3 Å². The van der Waals surface area contributed by atoms with Gasteiger partial charge in [0, 0.05) is 0 Å². The first-order valence-electron chi connectivity index (χ1n) is 17.0. The second kappa shape index (κ2) is 27.6. The molecule has 0 heterocycles. The van der Waals surface area contributed by atoms with E-state index in [2.05, 4.69) is 243 Å². The van der Waals surface area contributed by atoms with E-state index in [1.165, 1.54) is 55.6 Å². The van der Waals surface area contributed by atoms with Crippen molar-refractivity contribution in [3.63, 3.8) is 0 Å². The summed E-state index contributed by atoms with van der Waals surface area (Å²) in [5.41, 5.74) is 13.1. The topological polar surface area (TPSA) is 0 Å². The first-order chi connectivity index (χ1) is 24.8. The maximum Gasteiger partial charge on any atom is 2.00 e. The van der Waals surface area contributed by atoms with Crippen molar-refractivity contribution in [3.8, 4) is 55.6 Å². The fourth-order valence-corrected chi connectivity index (χ4v) is 5.66. The Hall–Kier alpha value is -3.90. The van der Waals surface area contributed by atoms with Gasteiger partial charge in [0.2, 0.25) is 0 Å². The molecule has 10 rings (SSSR count). The van der Waals surface area contributed by atoms with Crippen LogP contribution in [0.15, 0.2) is 243 Å². The van der Waals surface area contributed by atoms with Gasteiger partial charge in [-0.3, -0.25) is 0 Å². The Morgan fingerprint density at radius 3 is 0.218 bits per heavy atom. The van der Waals surface area contributed by atoms with Gasteiger partial charge in [0.05, 0.1) is 0 Å². The van der Waals surface area contributed by atoms with Gasteiger partial charge in [-0.15, -0.1) is 0 Å². The van der Waals surface area contributed by atoms with Gasteiger partial charge in [0.25, 0.3) is 0 Å². The molecule has 5 heteroatoms. The molecule has 0 atom stereocenters. The fourth-order valence-electron chi connectivity index (χ4n) is 5.66. The zero-order valence-electron chi connectivity index (χ0n) is 29.9. The summed E-state index contributed by atoms with van der Waals surface area (Å²) in [4.78, 5) is 0. The number of hydrogen-bond donors (Lipinski definition) is 0. The van der Waals surface area contributed by atoms with E-state index in [4.69, 9.17) is 0 Å². The SMILES string of the molecule is [Fe+2].[Fe+2].[Fe+2].[Fe+2].[Fe+2].c1cc[c-](-[c-]2cccc2)c1.c1cc[c-](-[c-]2cccc2)c1.c1cc[c-](-[c-]2cccc2)c1.c1cc[c-](-[c-]2cccc2)c1.c1cc[c-](-[c-]2cccc2)c1. The van der Waals surface area contributed by atoms with Gasteiger partial charge in [-0.2, -0.15) is 298 Å². The second-order valence-corrected chi connectivity index (χ2v) is 11.7. The first kappa shape index (κ1) is 49.1. The Morgan fingerprint density at radius 1 is 0.109 bits per heavy atom. The summed E-state index contributed by atoms with van der Waals surface area (Å²) in [6, 6.07) is 83.6. The molecule has 0 bridgehead atoms. The van der Waals surface area contributed by atoms with Crippen molar-refractivity contribution in [3.05, 3.63) is 243 Å². The Bertz CT molecular complexity index is 1600. The minimum absolute atomic E-state index is 0. The summed E-state index contributed by atoms with van der Waals surface area (Å²) >= 11 is 0. The van der Waals surface area contributed by atoms with Crippen LogP contribution in [0, 0.1) is 0 Å². The Labute approximate surface area is 380 Å². The molecule has 0 saturated carbocycles. The van der Waals surface area contributed by atoms with Crippen LogP contribution in [0.5, 0.6) is 0 Å². The van der Waals surface area contributed by atoms with Crippen molar-refractivity contribution in [1.82, 2.24) is 0 Å². The summed E-state index contributed by atoms with van der Waals surface area (Å²) in [5.74, 6) is 0. The zero-order valence-corrected chi connectivity index (χ0v) is 35.4. The predicted molar refractivity (Wildman–Crippen MR) is 215 cm³/mol. The monoisotopic (exact) mass is 920 g/mol. The molecule has 0 aliphatic carbocycles. The second-order valence-electron chi connectivity index (χ2n) is 11.7. The van der Waals surface area contributed by atoms with Crippen LogP contribution in [0.1, 0.15) is 0 Å². The summed E-state index contributed by atoms with van der Waals surface area (Å²) in [5, 5.41) is 0. The standard InChI is InChI=1S/5C10H8.5Fe/c5*1-2-6-9(5-1)10-7-3-4-8-10;;;;;/h5*1-8H;;;;;/q5*-2;5*+2. The maximum absolute atomic E-state index is 2.12. The van der Waals surface area contributed by atoms with Crippen LogP contribution in [0.25, 0.3) is 55.6 Å². The molecule has 280 valence electrons. The van der Waals surface area contributed by atoms with E-state index in [0.717, 1.165) is 0 Å². The van der Waals surface area contributed by atoms with Gasteiger partial charge >= 0.3 is 85.3 Å². The third-order valence-electron chi connectivity index (χ3n) is 8.29. The fraction of sp³-hybridized carbons (Fsp3) is 0. The summed E-state index contributed by atoms with van der Waals surface area (Å²) in [7, 11) is 0. The molecule has 0 aliphatic heterocycles. The zero-order chi connectivity index (χ0) is 34.1. The van der Waals surface area contributed by atoms with E-state index >= 15 is 0 Å². The first-order valence-corrected chi connectivity index (χ1v) is 17.0. The van der Waals surface area contributed by atoms with Gasteiger partial charge in [-0.1, -0.05) is 0 Å². The molecule has 0 radical (unpaired) electrons. The van der Waals surface area contributed by atoms with Gasteiger partial charge in [0.15, 0.2) is 0 Å². The van der Waals surface area contributed by atoms with Crippen molar-refractivity contribution in [2.24, 2.45) is 0 Å². The molecule has 0 N–H and O–H groups in total. The minimum atomic E-state index is 0. The molecule has 0 amide bonds. The van der Waals surface area contributed by atoms with Gasteiger partial charge in [-0.05, 0) is 0 Å². The molecule has 0 aliphatic rings. The van der Waals surface area contributed by atoms with E-state index in [9.17, 15) is 0 Å². The molecule has 0 aromatic heterocycles. The molecule has 55 heavy (non-hydrogen) atoms. The molecular weight excluding hydrogens is 880 g/mol. The average Bonchev–Trinajstić information content (AvgIpc) is 4.03. The molecule has 10 aromatic carbocycles. The molecule has 0 saturated heterocycles. The van der Waals surface area contributed by atoms with Gasteiger partial charge in [-0.25, -0.2) is 0 Å². The molecule has 0 nitrogen and oxygen atoms in total. The summed E-state index contributed by atoms with van der Waals surface area (Å²) in [6.45, 7) is 0. The molecule has 10 aromatic rings. The van der Waals surface area contributed by atoms with Crippen LogP contribution >= 0.6 is 0 Å². The minimum Gasteiger partial charge on any atom is -0.198 e. The third-order valence-corrected chi connectivity index (χ3v) is 8.29. The van der Waals surface area contributed by atoms with Crippen LogP contribution < -0.4 is 0 Å². The van der Waals surface area contributed by atoms with Crippen LogP contribution in [-0.2, 0) is 85.3 Å². The van der Waals surface area contributed by atoms with Crippen molar-refractivity contribution >= 4 is 0 Å². The predicted octanol–water partition coefficient (Wildman–Crippen LogP) is 13.9. The Kier molecular flexibility index (Phi) is 24.7. The largest absolute Gasteiger partial charge is 2.00 e. The van der Waals surface area contributed by atoms with E-state index in [0.29, 0.717) is 0 Å². The Morgan fingerprint density at radius 2 is 0.164 bits per heavy atom. The van der Waals surface area contributed by atoms with Crippen molar-refractivity contribution in [2.45, 2.75) is 0 Å². The summed E-state index contributed by atoms with van der Waals surface area (Å²) < 4.78 is 0. The average molecular weight is 920 g/mol. The Balaban J connectivity index is 0.000000336. The third kappa shape index (κ3) is 15.6. The van der Waals surface area contributed by atoms with E-state index in [-0.39, 0.29) is 85.3 Å². The smallest absolute Gasteiger partial charge is 0.198 e. The van der Waals surface area contributed by atoms with Gasteiger partial charge in [0.1, 0.15) is 0 Å². The van der Waals surface area contributed by atoms with E-state index in [1.54, 1.807) is 0 Å².